The molecule has 1 aromatic heterocycles. The Morgan fingerprint density at radius 3 is 2.68 bits per heavy atom. The van der Waals surface area contributed by atoms with Crippen molar-refractivity contribution in [3.8, 4) is 5.75 Å². The highest BCUT2D eigenvalue weighted by Crippen LogP contribution is 2.33. The van der Waals surface area contributed by atoms with E-state index in [9.17, 15) is 18.0 Å². The van der Waals surface area contributed by atoms with Gasteiger partial charge in [-0.15, -0.1) is 0 Å². The number of nitrogens with zero attached hydrogens (tertiary/aromatic N) is 1. The van der Waals surface area contributed by atoms with Gasteiger partial charge in [-0.2, -0.15) is 13.2 Å². The quantitative estimate of drug-likeness (QED) is 0.852. The summed E-state index contributed by atoms with van der Waals surface area (Å²) in [5.74, 6) is -0.634. The van der Waals surface area contributed by atoms with Gasteiger partial charge in [-0.1, -0.05) is 6.07 Å². The van der Waals surface area contributed by atoms with Gasteiger partial charge in [0.15, 0.2) is 5.82 Å². The van der Waals surface area contributed by atoms with Crippen LogP contribution in [0.1, 0.15) is 15.9 Å². The average Bonchev–Trinajstić information content (AvgIpc) is 2.52. The molecule has 1 amide bonds. The molecule has 0 aliphatic heterocycles. The van der Waals surface area contributed by atoms with Gasteiger partial charge in [-0.3, -0.25) is 15.6 Å². The number of halogens is 3. The van der Waals surface area contributed by atoms with Gasteiger partial charge in [0.2, 0.25) is 0 Å². The van der Waals surface area contributed by atoms with Crippen molar-refractivity contribution >= 4 is 11.7 Å². The summed E-state index contributed by atoms with van der Waals surface area (Å²) in [4.78, 5) is 15.5. The van der Waals surface area contributed by atoms with Gasteiger partial charge in [0.05, 0.1) is 12.7 Å². The third kappa shape index (κ3) is 3.66. The summed E-state index contributed by atoms with van der Waals surface area (Å²) in [5, 5.41) is 0. The topological polar surface area (TPSA) is 63.2 Å². The standard InChI is InChI=1S/C14H12F3N3O2/c1-22-10-5-2-4-9(8-10)13(21)20-19-12-11(14(15,16)17)6-3-7-18-12/h2-8H,1H3,(H,18,19)(H,20,21). The Morgan fingerprint density at radius 1 is 1.23 bits per heavy atom. The molecule has 0 aliphatic rings. The SMILES string of the molecule is COc1cccc(C(=O)NNc2ncccc2C(F)(F)F)c1. The van der Waals surface area contributed by atoms with E-state index >= 15 is 0 Å². The number of carbonyl (C=O) groups is 1. The lowest BCUT2D eigenvalue weighted by Crippen LogP contribution is -2.31. The molecule has 0 saturated carbocycles. The van der Waals surface area contributed by atoms with Crippen molar-refractivity contribution in [3.05, 3.63) is 53.7 Å². The van der Waals surface area contributed by atoms with Crippen molar-refractivity contribution in [1.82, 2.24) is 10.4 Å². The maximum atomic E-state index is 12.8. The van der Waals surface area contributed by atoms with E-state index in [1.807, 2.05) is 0 Å². The number of aromatic nitrogens is 1. The number of ether oxygens (including phenoxy) is 1. The van der Waals surface area contributed by atoms with Gasteiger partial charge in [0.1, 0.15) is 5.75 Å². The number of nitrogens with one attached hydrogen (secondary N) is 2. The van der Waals surface area contributed by atoms with Crippen molar-refractivity contribution in [2.45, 2.75) is 6.18 Å². The second-order valence-electron chi connectivity index (χ2n) is 4.21. The van der Waals surface area contributed by atoms with Crippen molar-refractivity contribution in [3.63, 3.8) is 0 Å². The van der Waals surface area contributed by atoms with E-state index in [-0.39, 0.29) is 5.56 Å². The van der Waals surface area contributed by atoms with Crippen LogP contribution in [0.15, 0.2) is 42.6 Å². The second-order valence-corrected chi connectivity index (χ2v) is 4.21. The molecule has 0 fully saturated rings. The molecule has 8 heteroatoms. The molecule has 0 bridgehead atoms. The molecule has 0 aliphatic carbocycles. The first kappa shape index (κ1) is 15.6. The number of amides is 1. The van der Waals surface area contributed by atoms with Crippen molar-refractivity contribution in [2.24, 2.45) is 0 Å². The van der Waals surface area contributed by atoms with Gasteiger partial charge in [0.25, 0.3) is 5.91 Å². The lowest BCUT2D eigenvalue weighted by atomic mass is 10.2. The second kappa shape index (κ2) is 6.33. The fraction of sp³-hybridized carbons (Fsp3) is 0.143. The van der Waals surface area contributed by atoms with E-state index in [2.05, 4.69) is 15.8 Å². The maximum absolute atomic E-state index is 12.8. The van der Waals surface area contributed by atoms with Crippen LogP contribution in [-0.2, 0) is 6.18 Å². The Hall–Kier alpha value is -2.77. The Balaban J connectivity index is 2.12. The zero-order chi connectivity index (χ0) is 16.2. The zero-order valence-corrected chi connectivity index (χ0v) is 11.4. The summed E-state index contributed by atoms with van der Waals surface area (Å²) in [6, 6.07) is 8.23. The first-order valence-corrected chi connectivity index (χ1v) is 6.14. The molecule has 22 heavy (non-hydrogen) atoms. The van der Waals surface area contributed by atoms with Crippen molar-refractivity contribution < 1.29 is 22.7 Å². The van der Waals surface area contributed by atoms with Gasteiger partial charge in [-0.25, -0.2) is 4.98 Å². The monoisotopic (exact) mass is 311 g/mol. The molecule has 0 spiro atoms. The molecular weight excluding hydrogens is 299 g/mol. The molecule has 1 heterocycles. The fourth-order valence-corrected chi connectivity index (χ4v) is 1.69. The van der Waals surface area contributed by atoms with E-state index in [1.54, 1.807) is 12.1 Å². The number of anilines is 1. The van der Waals surface area contributed by atoms with Crippen LogP contribution in [0, 0.1) is 0 Å². The van der Waals surface area contributed by atoms with E-state index < -0.39 is 23.5 Å². The van der Waals surface area contributed by atoms with Gasteiger partial charge >= 0.3 is 6.18 Å². The summed E-state index contributed by atoms with van der Waals surface area (Å²) in [6.45, 7) is 0. The summed E-state index contributed by atoms with van der Waals surface area (Å²) in [6.07, 6.45) is -3.38. The number of hydrogen-bond acceptors (Lipinski definition) is 4. The molecule has 1 aromatic carbocycles. The lowest BCUT2D eigenvalue weighted by Gasteiger charge is -2.13. The van der Waals surface area contributed by atoms with E-state index in [0.717, 1.165) is 12.1 Å². The molecule has 2 N–H and O–H groups in total. The number of carbonyl (C=O) groups excluding carboxylic acids is 1. The first-order valence-electron chi connectivity index (χ1n) is 6.14. The van der Waals surface area contributed by atoms with E-state index in [0.29, 0.717) is 5.75 Å². The zero-order valence-electron chi connectivity index (χ0n) is 11.4. The third-order valence-electron chi connectivity index (χ3n) is 2.74. The Bertz CT molecular complexity index is 674. The van der Waals surface area contributed by atoms with Crippen LogP contribution in [0.5, 0.6) is 5.75 Å². The van der Waals surface area contributed by atoms with Crippen LogP contribution in [0.25, 0.3) is 0 Å². The minimum absolute atomic E-state index is 0.233. The number of pyridine rings is 1. The molecule has 0 atom stereocenters. The predicted molar refractivity (Wildman–Crippen MR) is 73.3 cm³/mol. The Kier molecular flexibility index (Phi) is 4.50. The number of methoxy groups -OCH3 is 1. The first-order chi connectivity index (χ1) is 10.4. The van der Waals surface area contributed by atoms with Crippen LogP contribution < -0.4 is 15.6 Å². The number of benzene rings is 1. The van der Waals surface area contributed by atoms with Gasteiger partial charge in [0, 0.05) is 11.8 Å². The summed E-state index contributed by atoms with van der Waals surface area (Å²) >= 11 is 0. The van der Waals surface area contributed by atoms with Crippen molar-refractivity contribution in [1.29, 1.82) is 0 Å². The van der Waals surface area contributed by atoms with Crippen molar-refractivity contribution in [2.75, 3.05) is 12.5 Å². The molecule has 2 rings (SSSR count). The lowest BCUT2D eigenvalue weighted by molar-refractivity contribution is -0.137. The van der Waals surface area contributed by atoms with Crippen LogP contribution in [0.3, 0.4) is 0 Å². The van der Waals surface area contributed by atoms with Crippen LogP contribution in [0.4, 0.5) is 19.0 Å². The summed E-state index contributed by atoms with van der Waals surface area (Å²) in [7, 11) is 1.44. The highest BCUT2D eigenvalue weighted by atomic mass is 19.4. The molecule has 0 unspecified atom stereocenters. The van der Waals surface area contributed by atoms with Crippen LogP contribution >= 0.6 is 0 Å². The Morgan fingerprint density at radius 2 is 2.00 bits per heavy atom. The largest absolute Gasteiger partial charge is 0.497 e. The predicted octanol–water partition coefficient (Wildman–Crippen LogP) is 2.87. The number of hydrazine groups is 1. The molecule has 5 nitrogen and oxygen atoms in total. The highest BCUT2D eigenvalue weighted by molar-refractivity contribution is 5.95. The smallest absolute Gasteiger partial charge is 0.420 e. The number of rotatable bonds is 4. The van der Waals surface area contributed by atoms with E-state index in [4.69, 9.17) is 4.74 Å². The average molecular weight is 311 g/mol. The molecule has 116 valence electrons. The van der Waals surface area contributed by atoms with Gasteiger partial charge in [-0.05, 0) is 30.3 Å². The minimum Gasteiger partial charge on any atom is -0.497 e. The molecular formula is C14H12F3N3O2. The summed E-state index contributed by atoms with van der Waals surface area (Å²) in [5.41, 5.74) is 3.62. The third-order valence-corrected chi connectivity index (χ3v) is 2.74. The number of alkyl halides is 3. The van der Waals surface area contributed by atoms with Gasteiger partial charge < -0.3 is 4.74 Å². The molecule has 0 saturated heterocycles. The summed E-state index contributed by atoms with van der Waals surface area (Å²) < 4.78 is 43.3. The highest BCUT2D eigenvalue weighted by Gasteiger charge is 2.34. The fourth-order valence-electron chi connectivity index (χ4n) is 1.69. The molecule has 0 radical (unpaired) electrons. The Labute approximate surface area is 124 Å². The molecule has 2 aromatic rings. The minimum atomic E-state index is -4.57. The van der Waals surface area contributed by atoms with Crippen LogP contribution in [0.2, 0.25) is 0 Å². The normalized spacial score (nSPS) is 10.9. The van der Waals surface area contributed by atoms with Crippen LogP contribution in [-0.4, -0.2) is 18.0 Å². The van der Waals surface area contributed by atoms with E-state index in [1.165, 1.54) is 25.4 Å². The maximum Gasteiger partial charge on any atom is 0.420 e. The number of hydrogen-bond donors (Lipinski definition) is 2.